The van der Waals surface area contributed by atoms with Crippen molar-refractivity contribution in [2.75, 3.05) is 11.5 Å². The van der Waals surface area contributed by atoms with Gasteiger partial charge in [-0.25, -0.2) is 0 Å². The number of unbranched alkanes of at least 4 members (excludes halogenated alkanes) is 2. The normalized spacial score (nSPS) is 17.6. The summed E-state index contributed by atoms with van der Waals surface area (Å²) >= 11 is 0. The summed E-state index contributed by atoms with van der Waals surface area (Å²) in [5.41, 5.74) is 2.02. The second-order valence-electron chi connectivity index (χ2n) is 10.1. The second kappa shape index (κ2) is 10.4. The summed E-state index contributed by atoms with van der Waals surface area (Å²) in [6, 6.07) is 17.0. The van der Waals surface area contributed by atoms with Crippen LogP contribution in [0.4, 0.5) is 5.69 Å². The lowest BCUT2D eigenvalue weighted by atomic mass is 9.87. The van der Waals surface area contributed by atoms with Gasteiger partial charge in [0.2, 0.25) is 0 Å². The second-order valence-corrected chi connectivity index (χ2v) is 10.1. The Kier molecular flexibility index (Phi) is 7.34. The Bertz CT molecular complexity index is 1230. The summed E-state index contributed by atoms with van der Waals surface area (Å²) in [7, 11) is 0. The summed E-state index contributed by atoms with van der Waals surface area (Å²) < 4.78 is 11.4. The molecule has 0 radical (unpaired) electrons. The Labute approximate surface area is 212 Å². The van der Waals surface area contributed by atoms with Crippen LogP contribution < -0.4 is 9.64 Å². The number of nitrogens with zero attached hydrogens (tertiary/aromatic N) is 1. The summed E-state index contributed by atoms with van der Waals surface area (Å²) in [5.74, 6) is -0.636. The fourth-order valence-corrected chi connectivity index (χ4v) is 4.34. The molecule has 1 N–H and O–H groups in total. The topological polar surface area (TPSA) is 80.0 Å². The molecule has 36 heavy (non-hydrogen) atoms. The van der Waals surface area contributed by atoms with Gasteiger partial charge in [-0.1, -0.05) is 52.7 Å². The molecular formula is C30H33NO5. The quantitative estimate of drug-likeness (QED) is 0.164. The molecule has 6 nitrogen and oxygen atoms in total. The van der Waals surface area contributed by atoms with Crippen molar-refractivity contribution in [3.63, 3.8) is 0 Å². The highest BCUT2D eigenvalue weighted by Gasteiger charge is 2.48. The number of hydrogen-bond donors (Lipinski definition) is 1. The number of Topliss-reactive ketones (excluding diaryl/α,β-unsaturated/α-hetero) is 1. The number of benzene rings is 2. The van der Waals surface area contributed by atoms with E-state index in [0.717, 1.165) is 24.8 Å². The average Bonchev–Trinajstić information content (AvgIpc) is 3.48. The summed E-state index contributed by atoms with van der Waals surface area (Å²) in [6.45, 7) is 9.09. The predicted molar refractivity (Wildman–Crippen MR) is 140 cm³/mol. The molecule has 1 fully saturated rings. The number of furan rings is 1. The van der Waals surface area contributed by atoms with Crippen LogP contribution in [0, 0.1) is 0 Å². The molecule has 0 spiro atoms. The number of aliphatic hydroxyl groups excluding tert-OH is 1. The largest absolute Gasteiger partial charge is 0.507 e. The number of hydrogen-bond acceptors (Lipinski definition) is 5. The summed E-state index contributed by atoms with van der Waals surface area (Å²) in [4.78, 5) is 27.9. The number of aliphatic hydroxyl groups is 1. The van der Waals surface area contributed by atoms with Gasteiger partial charge in [-0.15, -0.1) is 0 Å². The maximum absolute atomic E-state index is 13.2. The molecule has 2 aromatic carbocycles. The van der Waals surface area contributed by atoms with Gasteiger partial charge in [-0.05, 0) is 65.9 Å². The van der Waals surface area contributed by atoms with E-state index in [-0.39, 0.29) is 16.7 Å². The van der Waals surface area contributed by atoms with Crippen LogP contribution in [0.15, 0.2) is 76.9 Å². The van der Waals surface area contributed by atoms with E-state index < -0.39 is 17.7 Å². The number of amides is 1. The minimum absolute atomic E-state index is 0.00791. The third kappa shape index (κ3) is 5.08. The molecule has 1 aliphatic rings. The highest BCUT2D eigenvalue weighted by molar-refractivity contribution is 6.51. The van der Waals surface area contributed by atoms with Crippen LogP contribution in [0.2, 0.25) is 0 Å². The molecule has 0 bridgehead atoms. The van der Waals surface area contributed by atoms with Gasteiger partial charge in [0, 0.05) is 11.3 Å². The number of ether oxygens (including phenoxy) is 1. The average molecular weight is 488 g/mol. The van der Waals surface area contributed by atoms with Crippen LogP contribution in [-0.4, -0.2) is 23.4 Å². The maximum atomic E-state index is 13.2. The van der Waals surface area contributed by atoms with Crippen molar-refractivity contribution in [1.29, 1.82) is 0 Å². The number of rotatable bonds is 8. The molecule has 2 heterocycles. The van der Waals surface area contributed by atoms with Gasteiger partial charge in [-0.3, -0.25) is 14.5 Å². The first-order chi connectivity index (χ1) is 17.2. The van der Waals surface area contributed by atoms with Crippen LogP contribution in [-0.2, 0) is 15.0 Å². The first-order valence-corrected chi connectivity index (χ1v) is 12.4. The molecule has 0 aliphatic carbocycles. The van der Waals surface area contributed by atoms with Gasteiger partial charge in [0.25, 0.3) is 11.7 Å². The molecule has 1 unspecified atom stereocenters. The van der Waals surface area contributed by atoms with Crippen LogP contribution in [0.25, 0.3) is 5.76 Å². The number of ketones is 1. The molecule has 1 amide bonds. The zero-order chi connectivity index (χ0) is 25.9. The molecule has 188 valence electrons. The molecule has 1 aromatic heterocycles. The fraction of sp³-hybridized carbons (Fsp3) is 0.333. The summed E-state index contributed by atoms with van der Waals surface area (Å²) in [5, 5.41) is 11.2. The lowest BCUT2D eigenvalue weighted by Gasteiger charge is -2.25. The first kappa shape index (κ1) is 25.3. The Balaban J connectivity index is 1.70. The van der Waals surface area contributed by atoms with Gasteiger partial charge in [0.1, 0.15) is 23.3 Å². The van der Waals surface area contributed by atoms with Crippen molar-refractivity contribution >= 4 is 23.1 Å². The van der Waals surface area contributed by atoms with Gasteiger partial charge in [0.05, 0.1) is 18.4 Å². The van der Waals surface area contributed by atoms with Crippen molar-refractivity contribution < 1.29 is 23.8 Å². The number of anilines is 1. The van der Waals surface area contributed by atoms with E-state index >= 15 is 0 Å². The lowest BCUT2D eigenvalue weighted by molar-refractivity contribution is -0.132. The summed E-state index contributed by atoms with van der Waals surface area (Å²) in [6.07, 6.45) is 4.68. The standard InChI is InChI=1S/C30H33NO5/c1-5-6-7-18-35-23-16-10-20(11-17-23)27(32)25-26(24-9-8-19-36-24)31(29(34)28(25)33)22-14-12-21(13-15-22)30(2,3)4/h8-17,19,26,32H,5-7,18H2,1-4H3/b27-25-. The highest BCUT2D eigenvalue weighted by Crippen LogP contribution is 2.42. The zero-order valence-electron chi connectivity index (χ0n) is 21.3. The Morgan fingerprint density at radius 1 is 1.00 bits per heavy atom. The smallest absolute Gasteiger partial charge is 0.300 e. The van der Waals surface area contributed by atoms with Gasteiger partial charge < -0.3 is 14.3 Å². The van der Waals surface area contributed by atoms with Gasteiger partial charge >= 0.3 is 0 Å². The van der Waals surface area contributed by atoms with E-state index in [1.165, 1.54) is 11.2 Å². The monoisotopic (exact) mass is 487 g/mol. The van der Waals surface area contributed by atoms with E-state index in [1.54, 1.807) is 36.4 Å². The van der Waals surface area contributed by atoms with Crippen LogP contribution in [0.5, 0.6) is 5.75 Å². The van der Waals surface area contributed by atoms with E-state index in [9.17, 15) is 14.7 Å². The Hall–Kier alpha value is -3.80. The molecular weight excluding hydrogens is 454 g/mol. The molecule has 1 saturated heterocycles. The third-order valence-electron chi connectivity index (χ3n) is 6.41. The van der Waals surface area contributed by atoms with Gasteiger partial charge in [0.15, 0.2) is 0 Å². The third-order valence-corrected chi connectivity index (χ3v) is 6.41. The lowest BCUT2D eigenvalue weighted by Crippen LogP contribution is -2.29. The molecule has 1 atom stereocenters. The van der Waals surface area contributed by atoms with Crippen molar-refractivity contribution in [3.8, 4) is 5.75 Å². The highest BCUT2D eigenvalue weighted by atomic mass is 16.5. The van der Waals surface area contributed by atoms with E-state index in [2.05, 4.69) is 27.7 Å². The van der Waals surface area contributed by atoms with Crippen LogP contribution in [0.1, 0.15) is 69.9 Å². The molecule has 3 aromatic rings. The SMILES string of the molecule is CCCCCOc1ccc(/C(O)=C2/C(=O)C(=O)N(c3ccc(C(C)(C)C)cc3)C2c2ccco2)cc1. The first-order valence-electron chi connectivity index (χ1n) is 12.4. The van der Waals surface area contributed by atoms with E-state index in [0.29, 0.717) is 29.4 Å². The Morgan fingerprint density at radius 2 is 1.69 bits per heavy atom. The molecule has 4 rings (SSSR count). The number of carbonyl (C=O) groups excluding carboxylic acids is 2. The van der Waals surface area contributed by atoms with Crippen molar-refractivity contribution in [1.82, 2.24) is 0 Å². The van der Waals surface area contributed by atoms with Crippen molar-refractivity contribution in [2.45, 2.75) is 58.4 Å². The van der Waals surface area contributed by atoms with E-state index in [4.69, 9.17) is 9.15 Å². The van der Waals surface area contributed by atoms with E-state index in [1.807, 2.05) is 24.3 Å². The fourth-order valence-electron chi connectivity index (χ4n) is 4.34. The number of carbonyl (C=O) groups is 2. The predicted octanol–water partition coefficient (Wildman–Crippen LogP) is 6.77. The molecule has 1 aliphatic heterocycles. The Morgan fingerprint density at radius 3 is 2.28 bits per heavy atom. The van der Waals surface area contributed by atoms with Crippen molar-refractivity contribution in [3.05, 3.63) is 89.4 Å². The molecule has 0 saturated carbocycles. The zero-order valence-corrected chi connectivity index (χ0v) is 21.3. The molecule has 6 heteroatoms. The minimum Gasteiger partial charge on any atom is -0.507 e. The van der Waals surface area contributed by atoms with Crippen molar-refractivity contribution in [2.24, 2.45) is 0 Å². The van der Waals surface area contributed by atoms with Crippen LogP contribution in [0.3, 0.4) is 0 Å². The minimum atomic E-state index is -0.884. The van der Waals surface area contributed by atoms with Crippen LogP contribution >= 0.6 is 0 Å². The van der Waals surface area contributed by atoms with Gasteiger partial charge in [-0.2, -0.15) is 0 Å². The maximum Gasteiger partial charge on any atom is 0.300 e.